The van der Waals surface area contributed by atoms with Gasteiger partial charge >= 0.3 is 0 Å². The lowest BCUT2D eigenvalue weighted by Crippen LogP contribution is -2.41. The van der Waals surface area contributed by atoms with E-state index in [-0.39, 0.29) is 0 Å². The van der Waals surface area contributed by atoms with Gasteiger partial charge in [-0.05, 0) is 18.9 Å². The minimum atomic E-state index is 0.360. The first-order valence-corrected chi connectivity index (χ1v) is 6.00. The summed E-state index contributed by atoms with van der Waals surface area (Å²) in [6, 6.07) is 10.9. The van der Waals surface area contributed by atoms with Crippen LogP contribution in [0.4, 0.5) is 0 Å². The SMILES string of the molecule is CC(NN1CCCOCC1)c1ccccc1. The average Bonchev–Trinajstić information content (AvgIpc) is 2.59. The van der Waals surface area contributed by atoms with E-state index in [4.69, 9.17) is 4.74 Å². The molecule has 0 bridgehead atoms. The first-order chi connectivity index (χ1) is 7.86. The van der Waals surface area contributed by atoms with Gasteiger partial charge in [-0.3, -0.25) is 0 Å². The Morgan fingerprint density at radius 3 is 2.81 bits per heavy atom. The molecule has 1 unspecified atom stereocenters. The van der Waals surface area contributed by atoms with Crippen molar-refractivity contribution < 1.29 is 4.74 Å². The van der Waals surface area contributed by atoms with Gasteiger partial charge in [0.1, 0.15) is 0 Å². The first-order valence-electron chi connectivity index (χ1n) is 6.00. The van der Waals surface area contributed by atoms with Crippen LogP contribution in [0.15, 0.2) is 30.3 Å². The predicted octanol–water partition coefficient (Wildman–Crippen LogP) is 1.97. The molecule has 1 heterocycles. The van der Waals surface area contributed by atoms with Gasteiger partial charge in [-0.15, -0.1) is 0 Å². The smallest absolute Gasteiger partial charge is 0.0607 e. The molecular weight excluding hydrogens is 200 g/mol. The van der Waals surface area contributed by atoms with E-state index in [2.05, 4.69) is 47.7 Å². The quantitative estimate of drug-likeness (QED) is 0.843. The van der Waals surface area contributed by atoms with Crippen molar-refractivity contribution in [3.05, 3.63) is 35.9 Å². The zero-order chi connectivity index (χ0) is 11.2. The highest BCUT2D eigenvalue weighted by Crippen LogP contribution is 2.12. The summed E-state index contributed by atoms with van der Waals surface area (Å²) in [7, 11) is 0. The molecular formula is C13H20N2O. The van der Waals surface area contributed by atoms with Gasteiger partial charge < -0.3 is 4.74 Å². The minimum absolute atomic E-state index is 0.360. The number of nitrogens with one attached hydrogen (secondary N) is 1. The Hall–Kier alpha value is -0.900. The Balaban J connectivity index is 1.88. The number of hydrogen-bond donors (Lipinski definition) is 1. The van der Waals surface area contributed by atoms with Crippen LogP contribution in [0, 0.1) is 0 Å². The largest absolute Gasteiger partial charge is 0.380 e. The molecule has 1 atom stereocenters. The Labute approximate surface area is 97.4 Å². The summed E-state index contributed by atoms with van der Waals surface area (Å²) in [6.45, 7) is 5.95. The second-order valence-corrected chi connectivity index (χ2v) is 4.21. The topological polar surface area (TPSA) is 24.5 Å². The van der Waals surface area contributed by atoms with Crippen LogP contribution in [0.5, 0.6) is 0 Å². The lowest BCUT2D eigenvalue weighted by atomic mass is 10.1. The summed E-state index contributed by atoms with van der Waals surface area (Å²) in [5.41, 5.74) is 4.85. The van der Waals surface area contributed by atoms with Crippen molar-refractivity contribution in [2.75, 3.05) is 26.3 Å². The van der Waals surface area contributed by atoms with Gasteiger partial charge in [0.2, 0.25) is 0 Å². The highest BCUT2D eigenvalue weighted by molar-refractivity contribution is 5.17. The van der Waals surface area contributed by atoms with Crippen LogP contribution >= 0.6 is 0 Å². The maximum absolute atomic E-state index is 5.43. The number of rotatable bonds is 3. The van der Waals surface area contributed by atoms with Crippen molar-refractivity contribution >= 4 is 0 Å². The Kier molecular flexibility index (Phi) is 4.34. The van der Waals surface area contributed by atoms with E-state index in [1.54, 1.807) is 0 Å². The molecule has 3 nitrogen and oxygen atoms in total. The summed E-state index contributed by atoms with van der Waals surface area (Å²) in [5, 5.41) is 2.27. The van der Waals surface area contributed by atoms with Crippen LogP contribution in [-0.2, 0) is 4.74 Å². The molecule has 0 spiro atoms. The normalized spacial score (nSPS) is 20.3. The molecule has 1 aliphatic rings. The van der Waals surface area contributed by atoms with Gasteiger partial charge in [0.25, 0.3) is 0 Å². The summed E-state index contributed by atoms with van der Waals surface area (Å²) in [4.78, 5) is 0. The van der Waals surface area contributed by atoms with E-state index < -0.39 is 0 Å². The maximum Gasteiger partial charge on any atom is 0.0607 e. The fraction of sp³-hybridized carbons (Fsp3) is 0.538. The lowest BCUT2D eigenvalue weighted by Gasteiger charge is -2.25. The van der Waals surface area contributed by atoms with Crippen molar-refractivity contribution in [2.24, 2.45) is 0 Å². The van der Waals surface area contributed by atoms with Crippen molar-refractivity contribution in [1.82, 2.24) is 10.4 Å². The second kappa shape index (κ2) is 5.99. The number of nitrogens with zero attached hydrogens (tertiary/aromatic N) is 1. The van der Waals surface area contributed by atoms with E-state index in [1.165, 1.54) is 5.56 Å². The van der Waals surface area contributed by atoms with Crippen molar-refractivity contribution in [1.29, 1.82) is 0 Å². The standard InChI is InChI=1S/C13H20N2O/c1-12(13-6-3-2-4-7-13)14-15-8-5-10-16-11-9-15/h2-4,6-7,12,14H,5,8-11H2,1H3. The maximum atomic E-state index is 5.43. The molecule has 0 radical (unpaired) electrons. The zero-order valence-corrected chi connectivity index (χ0v) is 9.86. The summed E-state index contributed by atoms with van der Waals surface area (Å²) in [5.74, 6) is 0. The predicted molar refractivity (Wildman–Crippen MR) is 65.0 cm³/mol. The van der Waals surface area contributed by atoms with Gasteiger partial charge in [-0.25, -0.2) is 10.4 Å². The molecule has 1 fully saturated rings. The molecule has 0 aliphatic carbocycles. The highest BCUT2D eigenvalue weighted by atomic mass is 16.5. The Bertz CT molecular complexity index is 294. The third kappa shape index (κ3) is 3.30. The zero-order valence-electron chi connectivity index (χ0n) is 9.86. The molecule has 0 amide bonds. The lowest BCUT2D eigenvalue weighted by molar-refractivity contribution is 0.121. The number of hydrazine groups is 1. The van der Waals surface area contributed by atoms with E-state index in [0.29, 0.717) is 6.04 Å². The monoisotopic (exact) mass is 220 g/mol. The van der Waals surface area contributed by atoms with E-state index in [9.17, 15) is 0 Å². The molecule has 0 aromatic heterocycles. The number of benzene rings is 1. The van der Waals surface area contributed by atoms with E-state index in [0.717, 1.165) is 32.7 Å². The third-order valence-electron chi connectivity index (χ3n) is 2.90. The fourth-order valence-corrected chi connectivity index (χ4v) is 1.97. The molecule has 16 heavy (non-hydrogen) atoms. The van der Waals surface area contributed by atoms with Crippen molar-refractivity contribution in [3.8, 4) is 0 Å². The Morgan fingerprint density at radius 1 is 1.19 bits per heavy atom. The molecule has 1 N–H and O–H groups in total. The average molecular weight is 220 g/mol. The second-order valence-electron chi connectivity index (χ2n) is 4.21. The number of ether oxygens (including phenoxy) is 1. The molecule has 1 aliphatic heterocycles. The van der Waals surface area contributed by atoms with Gasteiger partial charge in [0, 0.05) is 25.7 Å². The van der Waals surface area contributed by atoms with Gasteiger partial charge in [-0.2, -0.15) is 0 Å². The fourth-order valence-electron chi connectivity index (χ4n) is 1.97. The van der Waals surface area contributed by atoms with Gasteiger partial charge in [-0.1, -0.05) is 30.3 Å². The van der Waals surface area contributed by atoms with E-state index >= 15 is 0 Å². The molecule has 2 rings (SSSR count). The van der Waals surface area contributed by atoms with Crippen molar-refractivity contribution in [2.45, 2.75) is 19.4 Å². The van der Waals surface area contributed by atoms with Crippen LogP contribution in [0.1, 0.15) is 24.9 Å². The van der Waals surface area contributed by atoms with Gasteiger partial charge in [0.15, 0.2) is 0 Å². The van der Waals surface area contributed by atoms with Crippen LogP contribution in [0.2, 0.25) is 0 Å². The molecule has 0 saturated carbocycles. The summed E-state index contributed by atoms with van der Waals surface area (Å²) < 4.78 is 5.43. The van der Waals surface area contributed by atoms with Crippen LogP contribution in [0.25, 0.3) is 0 Å². The molecule has 3 heteroatoms. The third-order valence-corrected chi connectivity index (χ3v) is 2.90. The summed E-state index contributed by atoms with van der Waals surface area (Å²) in [6.07, 6.45) is 1.11. The Morgan fingerprint density at radius 2 is 2.00 bits per heavy atom. The molecule has 1 aromatic rings. The van der Waals surface area contributed by atoms with Crippen LogP contribution in [-0.4, -0.2) is 31.3 Å². The first kappa shape index (κ1) is 11.6. The number of hydrogen-bond acceptors (Lipinski definition) is 3. The molecule has 88 valence electrons. The highest BCUT2D eigenvalue weighted by Gasteiger charge is 2.12. The molecule has 1 aromatic carbocycles. The summed E-state index contributed by atoms with van der Waals surface area (Å²) >= 11 is 0. The minimum Gasteiger partial charge on any atom is -0.380 e. The van der Waals surface area contributed by atoms with Crippen LogP contribution in [0.3, 0.4) is 0 Å². The van der Waals surface area contributed by atoms with Gasteiger partial charge in [0.05, 0.1) is 6.61 Å². The van der Waals surface area contributed by atoms with Crippen molar-refractivity contribution in [3.63, 3.8) is 0 Å². The van der Waals surface area contributed by atoms with Crippen LogP contribution < -0.4 is 5.43 Å². The molecule has 1 saturated heterocycles. The van der Waals surface area contributed by atoms with E-state index in [1.807, 2.05) is 0 Å².